The molecule has 2 aliphatic rings. The number of carbonyl (C=O) groups is 3. The largest absolute Gasteiger partial charge is 0.399 e. The standard InChI is InChI=1S/C21H23NO6.C17H20N4O4.C17H22N4O2.C13H13N3O/c23-10-13(25)7-5-12-6-8-17(22-9-14(26)11-24)19-18(12)20(27)15-3-1-2-4-16(15)21(19)28;1-13-12-16(20(8-10-22)9-11-23)6-7-17(13)19-18-14-2-4-15(5-3-14)21(24)25;1-13-12-16(21(8-10-22)9-11-23)6-7-17(13)20-19-15-4-2-14(18)3-5-15;1-8-6-12(11(15)7-13(8)17)16-10-4-2-9(14)3-5-10/h1-4,6,8,13-14,22-26H,5,7,9-11H2;2-7,12,22-23H,8-11H2,1H3;2-7,12,22-23H,8-11,18H2,1H3;2-7H,14-15H2,1H3. The van der Waals surface area contributed by atoms with E-state index in [9.17, 15) is 34.7 Å². The van der Waals surface area contributed by atoms with Gasteiger partial charge in [0.25, 0.3) is 5.69 Å². The maximum atomic E-state index is 13.2. The number of nitrogens with one attached hydrogen (secondary N) is 1. The zero-order valence-electron chi connectivity index (χ0n) is 51.8. The van der Waals surface area contributed by atoms with Crippen LogP contribution in [0.5, 0.6) is 0 Å². The number of nitrogen functional groups attached to an aromatic ring is 2. The van der Waals surface area contributed by atoms with Gasteiger partial charge >= 0.3 is 0 Å². The zero-order valence-corrected chi connectivity index (χ0v) is 51.8. The molecule has 0 saturated carbocycles. The summed E-state index contributed by atoms with van der Waals surface area (Å²) in [5, 5.41) is 104. The molecule has 2 atom stereocenters. The molecule has 93 heavy (non-hydrogen) atoms. The Labute approximate surface area is 537 Å². The van der Waals surface area contributed by atoms with Crippen molar-refractivity contribution in [3.8, 4) is 0 Å². The number of nitro groups is 1. The number of ketones is 3. The van der Waals surface area contributed by atoms with Crippen molar-refractivity contribution in [2.24, 2.45) is 31.2 Å². The van der Waals surface area contributed by atoms with Crippen LogP contribution in [0.2, 0.25) is 0 Å². The molecule has 0 amide bonds. The van der Waals surface area contributed by atoms with Crippen molar-refractivity contribution in [2.45, 2.75) is 45.8 Å². The third-order valence-corrected chi connectivity index (χ3v) is 14.4. The van der Waals surface area contributed by atoms with Crippen molar-refractivity contribution in [3.63, 3.8) is 0 Å². The molecule has 0 radical (unpaired) electrons. The first-order valence-corrected chi connectivity index (χ1v) is 29.6. The van der Waals surface area contributed by atoms with Crippen molar-refractivity contribution in [1.82, 2.24) is 0 Å². The number of allylic oxidation sites excluding steroid dienone is 3. The number of aliphatic imine (C=N–C) groups is 1. The highest BCUT2D eigenvalue weighted by Gasteiger charge is 2.34. The summed E-state index contributed by atoms with van der Waals surface area (Å²) < 4.78 is 0. The summed E-state index contributed by atoms with van der Waals surface area (Å²) in [7, 11) is 0. The van der Waals surface area contributed by atoms with Gasteiger partial charge in [0.1, 0.15) is 0 Å². The molecular weight excluding hydrogens is 1190 g/mol. The lowest BCUT2D eigenvalue weighted by molar-refractivity contribution is -0.384. The molecule has 7 aromatic rings. The number of carbonyl (C=O) groups excluding carboxylic acids is 3. The number of nitrogens with two attached hydrogens (primary N) is 3. The van der Waals surface area contributed by atoms with Crippen LogP contribution in [0, 0.1) is 24.0 Å². The van der Waals surface area contributed by atoms with Crippen LogP contribution in [0.4, 0.5) is 62.6 Å². The van der Waals surface area contributed by atoms with Crippen LogP contribution in [-0.2, 0) is 11.2 Å². The molecule has 2 aliphatic carbocycles. The second-order valence-corrected chi connectivity index (χ2v) is 21.3. The van der Waals surface area contributed by atoms with Gasteiger partial charge in [0.2, 0.25) is 0 Å². The minimum Gasteiger partial charge on any atom is -0.399 e. The fourth-order valence-corrected chi connectivity index (χ4v) is 9.35. The van der Waals surface area contributed by atoms with Crippen LogP contribution in [-0.4, -0.2) is 153 Å². The molecule has 0 fully saturated rings. The van der Waals surface area contributed by atoms with Gasteiger partial charge in [0, 0.05) is 96.1 Å². The number of nitro benzene ring substituents is 1. The molecule has 0 aromatic heterocycles. The summed E-state index contributed by atoms with van der Waals surface area (Å²) in [6, 6.07) is 41.5. The van der Waals surface area contributed by atoms with E-state index in [2.05, 4.69) is 30.8 Å². The third-order valence-electron chi connectivity index (χ3n) is 14.4. The molecule has 2 unspecified atom stereocenters. The average molecular weight is 1270 g/mol. The summed E-state index contributed by atoms with van der Waals surface area (Å²) >= 11 is 0. The van der Waals surface area contributed by atoms with E-state index >= 15 is 0 Å². The first-order valence-electron chi connectivity index (χ1n) is 29.6. The quantitative estimate of drug-likeness (QED) is 0.00893. The van der Waals surface area contributed by atoms with E-state index in [-0.39, 0.29) is 80.2 Å². The number of azo groups is 2. The molecule has 0 spiro atoms. The van der Waals surface area contributed by atoms with E-state index in [0.29, 0.717) is 94.7 Å². The predicted octanol–water partition coefficient (Wildman–Crippen LogP) is 8.12. The Morgan fingerprint density at radius 1 is 0.548 bits per heavy atom. The highest BCUT2D eigenvalue weighted by molar-refractivity contribution is 6.30. The number of hydrogen-bond donors (Lipinski definition) is 12. The minimum absolute atomic E-state index is 0.000646. The SMILES string of the molecule is CC1=CC(=Nc2ccc(N)cc2)C(N)=CC1=O.Cc1cc(N(CCO)CCO)ccc1N=Nc1ccc(N)cc1.Cc1cc(N(CCO)CCO)ccc1N=Nc1ccc([N+](=O)[O-])cc1.O=C1c2ccccc2C(=O)c2c(NCC(O)CO)ccc(CCC(O)CO)c21. The smallest absolute Gasteiger partial charge is 0.269 e. The van der Waals surface area contributed by atoms with Crippen molar-refractivity contribution < 1.29 is 60.2 Å². The Morgan fingerprint density at radius 2 is 1.01 bits per heavy atom. The Kier molecular flexibility index (Phi) is 27.8. The second-order valence-electron chi connectivity index (χ2n) is 21.3. The Balaban J connectivity index is 0.000000199. The van der Waals surface area contributed by atoms with E-state index in [1.807, 2.05) is 66.1 Å². The lowest BCUT2D eigenvalue weighted by atomic mass is 9.80. The lowest BCUT2D eigenvalue weighted by Crippen LogP contribution is -2.29. The molecule has 25 heteroatoms. The van der Waals surface area contributed by atoms with Crippen LogP contribution in [0.25, 0.3) is 0 Å². The molecule has 0 aliphatic heterocycles. The van der Waals surface area contributed by atoms with Crippen molar-refractivity contribution >= 4 is 85.6 Å². The number of aliphatic hydroxyl groups is 8. The topological polar surface area (TPSA) is 415 Å². The number of aliphatic hydroxyl groups excluding tert-OH is 8. The maximum absolute atomic E-state index is 13.2. The summed E-state index contributed by atoms with van der Waals surface area (Å²) in [5.41, 5.74) is 29.3. The van der Waals surface area contributed by atoms with E-state index < -0.39 is 23.7 Å². The summed E-state index contributed by atoms with van der Waals surface area (Å²) in [6.07, 6.45) is 1.75. The number of aryl methyl sites for hydroxylation is 3. The first-order chi connectivity index (χ1) is 44.7. The number of anilines is 5. The van der Waals surface area contributed by atoms with E-state index in [1.165, 1.54) is 30.3 Å². The molecule has 7 aromatic carbocycles. The Morgan fingerprint density at radius 3 is 1.46 bits per heavy atom. The van der Waals surface area contributed by atoms with Crippen molar-refractivity contribution in [3.05, 3.63) is 218 Å². The Bertz CT molecular complexity index is 3760. The van der Waals surface area contributed by atoms with Crippen LogP contribution in [0.15, 0.2) is 194 Å². The fourth-order valence-electron chi connectivity index (χ4n) is 9.35. The van der Waals surface area contributed by atoms with Gasteiger partial charge in [-0.3, -0.25) is 24.5 Å². The second kappa shape index (κ2) is 36.0. The van der Waals surface area contributed by atoms with Gasteiger partial charge in [-0.15, -0.1) is 0 Å². The summed E-state index contributed by atoms with van der Waals surface area (Å²) in [4.78, 5) is 56.0. The van der Waals surface area contributed by atoms with Gasteiger partial charge in [-0.05, 0) is 165 Å². The number of benzene rings is 7. The molecule has 0 bridgehead atoms. The van der Waals surface area contributed by atoms with Crippen molar-refractivity contribution in [2.75, 3.05) is 98.9 Å². The van der Waals surface area contributed by atoms with E-state index in [0.717, 1.165) is 39.6 Å². The number of nitrogens with zero attached hydrogens (tertiary/aromatic N) is 8. The molecule has 0 heterocycles. The minimum atomic E-state index is -1.00. The van der Waals surface area contributed by atoms with Crippen molar-refractivity contribution in [1.29, 1.82) is 0 Å². The molecular formula is C68H78N12O13. The van der Waals surface area contributed by atoms with Crippen LogP contribution >= 0.6 is 0 Å². The number of hydrogen-bond acceptors (Lipinski definition) is 24. The maximum Gasteiger partial charge on any atom is 0.269 e. The summed E-state index contributed by atoms with van der Waals surface area (Å²) in [6.45, 7) is 6.71. The normalized spacial score (nSPS) is 13.5. The first kappa shape index (κ1) is 71.9. The highest BCUT2D eigenvalue weighted by Crippen LogP contribution is 2.36. The summed E-state index contributed by atoms with van der Waals surface area (Å²) in [5.74, 6) is -0.639. The molecule has 0 saturated heterocycles. The van der Waals surface area contributed by atoms with E-state index in [4.69, 9.17) is 47.8 Å². The van der Waals surface area contributed by atoms with Gasteiger partial charge < -0.3 is 73.2 Å². The van der Waals surface area contributed by atoms with Crippen LogP contribution in [0.3, 0.4) is 0 Å². The molecule has 15 N–H and O–H groups in total. The number of non-ortho nitro benzene ring substituents is 1. The highest BCUT2D eigenvalue weighted by atomic mass is 16.6. The number of rotatable bonds is 24. The van der Waals surface area contributed by atoms with Gasteiger partial charge in [0.15, 0.2) is 17.3 Å². The fraction of sp³-hybridized carbons (Fsp3) is 0.265. The number of fused-ring (bicyclic) bond motifs is 2. The molecule has 9 rings (SSSR count). The lowest BCUT2D eigenvalue weighted by Gasteiger charge is -2.24. The molecule has 25 nitrogen and oxygen atoms in total. The van der Waals surface area contributed by atoms with Crippen LogP contribution < -0.4 is 32.3 Å². The van der Waals surface area contributed by atoms with E-state index in [1.54, 1.807) is 91.9 Å². The third kappa shape index (κ3) is 20.9. The van der Waals surface area contributed by atoms with Gasteiger partial charge in [0.05, 0.1) is 102 Å². The van der Waals surface area contributed by atoms with Gasteiger partial charge in [-0.2, -0.15) is 20.5 Å². The average Bonchev–Trinajstić information content (AvgIpc) is 0.746. The Hall–Kier alpha value is -10.2. The monoisotopic (exact) mass is 1270 g/mol. The molecule has 488 valence electrons. The van der Waals surface area contributed by atoms with Crippen LogP contribution in [0.1, 0.15) is 61.9 Å². The zero-order chi connectivity index (χ0) is 67.6. The van der Waals surface area contributed by atoms with Gasteiger partial charge in [-0.25, -0.2) is 4.99 Å². The predicted molar refractivity (Wildman–Crippen MR) is 359 cm³/mol. The van der Waals surface area contributed by atoms with Gasteiger partial charge in [-0.1, -0.05) is 30.3 Å².